The molecule has 1 saturated heterocycles. The fraction of sp³-hybridized carbons (Fsp3) is 0.750. The Morgan fingerprint density at radius 3 is 2.18 bits per heavy atom. The van der Waals surface area contributed by atoms with Crippen molar-refractivity contribution in [2.45, 2.75) is 25.7 Å². The van der Waals surface area contributed by atoms with Crippen LogP contribution in [-0.4, -0.2) is 11.9 Å². The molecule has 0 amide bonds. The number of ether oxygens (including phenoxy) is 1. The highest BCUT2D eigenvalue weighted by Crippen LogP contribution is 2.34. The molecule has 2 aliphatic rings. The molecule has 0 aromatic heterocycles. The van der Waals surface area contributed by atoms with Crippen molar-refractivity contribution in [3.05, 3.63) is 0 Å². The number of carbonyl (C=O) groups excluding carboxylic acids is 2. The summed E-state index contributed by atoms with van der Waals surface area (Å²) in [6.07, 6.45) is 3.54. The highest BCUT2D eigenvalue weighted by Gasteiger charge is 2.39. The monoisotopic (exact) mass is 154 g/mol. The van der Waals surface area contributed by atoms with Crippen LogP contribution in [0.2, 0.25) is 0 Å². The highest BCUT2D eigenvalue weighted by atomic mass is 16.6. The van der Waals surface area contributed by atoms with E-state index in [1.165, 1.54) is 0 Å². The number of hydrogen-bond acceptors (Lipinski definition) is 3. The zero-order valence-electron chi connectivity index (χ0n) is 6.21. The number of cyclic esters (lactones) is 2. The van der Waals surface area contributed by atoms with Gasteiger partial charge in [-0.3, -0.25) is 9.59 Å². The standard InChI is InChI=1S/C8H10O3/c9-7-5-2-1-3-6(4-5)8(10)11-7/h5-6H,1-4H2/t5-,6-/m0/s1. The van der Waals surface area contributed by atoms with Crippen molar-refractivity contribution >= 4 is 11.9 Å². The van der Waals surface area contributed by atoms with E-state index < -0.39 is 0 Å². The maximum atomic E-state index is 11.0. The van der Waals surface area contributed by atoms with Crippen LogP contribution in [0.3, 0.4) is 0 Å². The van der Waals surface area contributed by atoms with Gasteiger partial charge in [-0.05, 0) is 19.3 Å². The minimum Gasteiger partial charge on any atom is -0.393 e. The summed E-state index contributed by atoms with van der Waals surface area (Å²) in [6.45, 7) is 0. The second-order valence-electron chi connectivity index (χ2n) is 3.30. The molecule has 1 saturated carbocycles. The van der Waals surface area contributed by atoms with E-state index >= 15 is 0 Å². The van der Waals surface area contributed by atoms with Crippen LogP contribution in [0.25, 0.3) is 0 Å². The highest BCUT2D eigenvalue weighted by molar-refractivity contribution is 5.91. The summed E-state index contributed by atoms with van der Waals surface area (Å²) in [5.41, 5.74) is 0. The minimum atomic E-state index is -0.300. The van der Waals surface area contributed by atoms with Gasteiger partial charge in [-0.1, -0.05) is 6.42 Å². The summed E-state index contributed by atoms with van der Waals surface area (Å²) in [7, 11) is 0. The molecule has 0 spiro atoms. The predicted molar refractivity (Wildman–Crippen MR) is 36.5 cm³/mol. The van der Waals surface area contributed by atoms with Gasteiger partial charge in [-0.2, -0.15) is 0 Å². The van der Waals surface area contributed by atoms with Crippen molar-refractivity contribution in [2.75, 3.05) is 0 Å². The molecule has 2 bridgehead atoms. The maximum absolute atomic E-state index is 11.0. The van der Waals surface area contributed by atoms with Crippen molar-refractivity contribution in [2.24, 2.45) is 11.8 Å². The molecule has 0 radical (unpaired) electrons. The van der Waals surface area contributed by atoms with Gasteiger partial charge < -0.3 is 4.74 Å². The van der Waals surface area contributed by atoms with E-state index in [2.05, 4.69) is 4.74 Å². The summed E-state index contributed by atoms with van der Waals surface area (Å²) < 4.78 is 4.58. The van der Waals surface area contributed by atoms with E-state index in [9.17, 15) is 9.59 Å². The zero-order valence-corrected chi connectivity index (χ0v) is 6.21. The van der Waals surface area contributed by atoms with Crippen LogP contribution < -0.4 is 0 Å². The molecule has 0 unspecified atom stereocenters. The van der Waals surface area contributed by atoms with Crippen LogP contribution >= 0.6 is 0 Å². The van der Waals surface area contributed by atoms with Crippen LogP contribution in [-0.2, 0) is 14.3 Å². The number of hydrogen-bond donors (Lipinski definition) is 0. The quantitative estimate of drug-likeness (QED) is 0.384. The number of rotatable bonds is 0. The lowest BCUT2D eigenvalue weighted by Crippen LogP contribution is -2.37. The Morgan fingerprint density at radius 1 is 1.09 bits per heavy atom. The second kappa shape index (κ2) is 2.32. The summed E-state index contributed by atoms with van der Waals surface area (Å²) in [6, 6.07) is 0. The number of esters is 2. The lowest BCUT2D eigenvalue weighted by Gasteiger charge is -2.30. The Hall–Kier alpha value is -0.860. The van der Waals surface area contributed by atoms with Crippen LogP contribution in [0.15, 0.2) is 0 Å². The van der Waals surface area contributed by atoms with Crippen LogP contribution in [0.1, 0.15) is 25.7 Å². The topological polar surface area (TPSA) is 43.4 Å². The lowest BCUT2D eigenvalue weighted by molar-refractivity contribution is -0.174. The molecule has 60 valence electrons. The number of carbonyl (C=O) groups is 2. The van der Waals surface area contributed by atoms with Gasteiger partial charge in [0.1, 0.15) is 0 Å². The molecule has 0 aromatic carbocycles. The summed E-state index contributed by atoms with van der Waals surface area (Å²) >= 11 is 0. The van der Waals surface area contributed by atoms with E-state index in [0.29, 0.717) is 0 Å². The Kier molecular flexibility index (Phi) is 1.44. The average Bonchev–Trinajstić information content (AvgIpc) is 2.02. The Labute approximate surface area is 64.7 Å². The molecule has 1 aliphatic heterocycles. The van der Waals surface area contributed by atoms with Crippen LogP contribution in [0.4, 0.5) is 0 Å². The first-order valence-electron chi connectivity index (χ1n) is 4.03. The molecule has 0 N–H and O–H groups in total. The third kappa shape index (κ3) is 1.04. The lowest BCUT2D eigenvalue weighted by atomic mass is 9.80. The molecule has 2 rings (SSSR count). The van der Waals surface area contributed by atoms with E-state index in [4.69, 9.17) is 0 Å². The van der Waals surface area contributed by atoms with Crippen molar-refractivity contribution < 1.29 is 14.3 Å². The molecule has 3 nitrogen and oxygen atoms in total. The van der Waals surface area contributed by atoms with Gasteiger partial charge in [0.15, 0.2) is 0 Å². The van der Waals surface area contributed by atoms with E-state index in [1.54, 1.807) is 0 Å². The van der Waals surface area contributed by atoms with Gasteiger partial charge in [0.2, 0.25) is 0 Å². The van der Waals surface area contributed by atoms with Crippen molar-refractivity contribution in [3.63, 3.8) is 0 Å². The Balaban J connectivity index is 2.17. The molecule has 2 atom stereocenters. The molecule has 3 heteroatoms. The summed E-state index contributed by atoms with van der Waals surface area (Å²) in [5.74, 6) is -0.560. The van der Waals surface area contributed by atoms with E-state index in [-0.39, 0.29) is 23.8 Å². The molecule has 2 fully saturated rings. The molecule has 1 heterocycles. The second-order valence-corrected chi connectivity index (χ2v) is 3.30. The van der Waals surface area contributed by atoms with Gasteiger partial charge in [0.25, 0.3) is 0 Å². The summed E-state index contributed by atoms with van der Waals surface area (Å²) in [4.78, 5) is 21.9. The molecule has 11 heavy (non-hydrogen) atoms. The van der Waals surface area contributed by atoms with Gasteiger partial charge in [0.05, 0.1) is 11.8 Å². The van der Waals surface area contributed by atoms with E-state index in [1.807, 2.05) is 0 Å². The van der Waals surface area contributed by atoms with Crippen LogP contribution in [0.5, 0.6) is 0 Å². The SMILES string of the molecule is O=C1OC(=O)[C@H]2CCC[C@H]1C2. The zero-order chi connectivity index (χ0) is 7.84. The maximum Gasteiger partial charge on any atom is 0.316 e. The van der Waals surface area contributed by atoms with Crippen LogP contribution in [0, 0.1) is 11.8 Å². The fourth-order valence-electron chi connectivity index (χ4n) is 1.88. The molecular weight excluding hydrogens is 144 g/mol. The van der Waals surface area contributed by atoms with Gasteiger partial charge in [0, 0.05) is 0 Å². The third-order valence-electron chi connectivity index (χ3n) is 2.54. The van der Waals surface area contributed by atoms with Gasteiger partial charge >= 0.3 is 11.9 Å². The minimum absolute atomic E-state index is 0.0199. The Morgan fingerprint density at radius 2 is 1.64 bits per heavy atom. The van der Waals surface area contributed by atoms with E-state index in [0.717, 1.165) is 25.7 Å². The van der Waals surface area contributed by atoms with Crippen molar-refractivity contribution in [1.29, 1.82) is 0 Å². The predicted octanol–water partition coefficient (Wildman–Crippen LogP) is 0.876. The van der Waals surface area contributed by atoms with Crippen molar-refractivity contribution in [1.82, 2.24) is 0 Å². The Bertz CT molecular complexity index is 189. The largest absolute Gasteiger partial charge is 0.393 e. The normalized spacial score (nSPS) is 36.7. The molecule has 0 aromatic rings. The fourth-order valence-corrected chi connectivity index (χ4v) is 1.88. The first-order chi connectivity index (χ1) is 5.27. The summed E-state index contributed by atoms with van der Waals surface area (Å²) in [5, 5.41) is 0. The first kappa shape index (κ1) is 6.83. The van der Waals surface area contributed by atoms with Gasteiger partial charge in [-0.25, -0.2) is 0 Å². The smallest absolute Gasteiger partial charge is 0.316 e. The first-order valence-corrected chi connectivity index (χ1v) is 4.03. The number of fused-ring (bicyclic) bond motifs is 2. The average molecular weight is 154 g/mol. The third-order valence-corrected chi connectivity index (χ3v) is 2.54. The molecule has 1 aliphatic carbocycles. The van der Waals surface area contributed by atoms with Gasteiger partial charge in [-0.15, -0.1) is 0 Å². The van der Waals surface area contributed by atoms with Crippen molar-refractivity contribution in [3.8, 4) is 0 Å². The molecular formula is C8H10O3.